The van der Waals surface area contributed by atoms with Crippen LogP contribution in [-0.2, 0) is 9.36 Å². The van der Waals surface area contributed by atoms with Gasteiger partial charge in [-0.3, -0.25) is 9.36 Å². The molecular formula is C16H30BrN4O2P. The van der Waals surface area contributed by atoms with Crippen molar-refractivity contribution in [3.05, 3.63) is 0 Å². The quantitative estimate of drug-likeness (QED) is 0.388. The monoisotopic (exact) mass is 420 g/mol. The fourth-order valence-electron chi connectivity index (χ4n) is 4.07. The average molecular weight is 421 g/mol. The summed E-state index contributed by atoms with van der Waals surface area (Å²) in [4.78, 5) is 14.6. The van der Waals surface area contributed by atoms with Crippen molar-refractivity contribution in [2.45, 2.75) is 38.5 Å². The number of carbonyl (C=O) groups excluding carboxylic acids is 1. The maximum atomic E-state index is 13.7. The Hall–Kier alpha value is 0.0600. The molecular weight excluding hydrogens is 391 g/mol. The molecule has 3 fully saturated rings. The molecule has 1 amide bonds. The predicted molar refractivity (Wildman–Crippen MR) is 100 cm³/mol. The van der Waals surface area contributed by atoms with Crippen molar-refractivity contribution in [2.24, 2.45) is 0 Å². The number of rotatable bonds is 5. The minimum Gasteiger partial charge on any atom is -0.341 e. The van der Waals surface area contributed by atoms with Gasteiger partial charge in [0.2, 0.25) is 5.91 Å². The van der Waals surface area contributed by atoms with Crippen LogP contribution in [0.1, 0.15) is 38.5 Å². The fourth-order valence-corrected chi connectivity index (χ4v) is 7.79. The van der Waals surface area contributed by atoms with Crippen LogP contribution in [0.5, 0.6) is 0 Å². The lowest BCUT2D eigenvalue weighted by atomic mass is 10.2. The third-order valence-corrected chi connectivity index (χ3v) is 9.37. The van der Waals surface area contributed by atoms with Crippen molar-refractivity contribution in [1.82, 2.24) is 18.9 Å². The summed E-state index contributed by atoms with van der Waals surface area (Å²) in [6, 6.07) is 0. The summed E-state index contributed by atoms with van der Waals surface area (Å²) in [7, 11) is -2.52. The Morgan fingerprint density at radius 1 is 0.792 bits per heavy atom. The summed E-state index contributed by atoms with van der Waals surface area (Å²) in [6.07, 6.45) is 5.88. The van der Waals surface area contributed by atoms with E-state index >= 15 is 0 Å². The first-order valence-electron chi connectivity index (χ1n) is 9.36. The molecule has 6 nitrogen and oxygen atoms in total. The van der Waals surface area contributed by atoms with E-state index in [0.717, 1.165) is 89.8 Å². The molecule has 0 aromatic carbocycles. The van der Waals surface area contributed by atoms with Crippen LogP contribution in [0, 0.1) is 0 Å². The standard InChI is InChI=1S/C16H30BrN4O2P/c17-7-3-1-2-6-16(22)18-8-4-9-20-14-15-21-11-5-10-19(13-12-18)24(20,21)23/h1-15H2. The molecule has 0 N–H and O–H groups in total. The zero-order valence-electron chi connectivity index (χ0n) is 14.5. The lowest BCUT2D eigenvalue weighted by Gasteiger charge is -2.42. The molecule has 3 aliphatic rings. The van der Waals surface area contributed by atoms with Gasteiger partial charge < -0.3 is 4.90 Å². The van der Waals surface area contributed by atoms with Gasteiger partial charge in [0.25, 0.3) is 7.59 Å². The normalized spacial score (nSPS) is 29.8. The summed E-state index contributed by atoms with van der Waals surface area (Å²) in [5.74, 6) is 0.277. The molecule has 0 saturated carbocycles. The van der Waals surface area contributed by atoms with Gasteiger partial charge in [0.05, 0.1) is 0 Å². The number of carbonyl (C=O) groups is 1. The topological polar surface area (TPSA) is 47.1 Å². The molecule has 3 saturated heterocycles. The molecule has 3 rings (SSSR count). The van der Waals surface area contributed by atoms with E-state index in [1.54, 1.807) is 0 Å². The van der Waals surface area contributed by atoms with E-state index in [0.29, 0.717) is 6.42 Å². The second-order valence-corrected chi connectivity index (χ2v) is 10.5. The highest BCUT2D eigenvalue weighted by atomic mass is 79.9. The Labute approximate surface area is 154 Å². The van der Waals surface area contributed by atoms with Gasteiger partial charge in [-0.15, -0.1) is 0 Å². The van der Waals surface area contributed by atoms with Crippen molar-refractivity contribution in [3.63, 3.8) is 0 Å². The van der Waals surface area contributed by atoms with Crippen LogP contribution in [0.4, 0.5) is 0 Å². The smallest absolute Gasteiger partial charge is 0.287 e. The van der Waals surface area contributed by atoms with Crippen LogP contribution < -0.4 is 0 Å². The minimum absolute atomic E-state index is 0.277. The Bertz CT molecular complexity index is 493. The average Bonchev–Trinajstić information content (AvgIpc) is 2.94. The summed E-state index contributed by atoms with van der Waals surface area (Å²) in [6.45, 7) is 6.83. The number of hydrogen-bond acceptors (Lipinski definition) is 2. The zero-order valence-corrected chi connectivity index (χ0v) is 17.0. The number of nitrogens with zero attached hydrogens (tertiary/aromatic N) is 4. The highest BCUT2D eigenvalue weighted by Crippen LogP contribution is 2.61. The van der Waals surface area contributed by atoms with E-state index < -0.39 is 7.59 Å². The van der Waals surface area contributed by atoms with E-state index in [-0.39, 0.29) is 5.91 Å². The van der Waals surface area contributed by atoms with Gasteiger partial charge in [-0.05, 0) is 25.7 Å². The molecule has 3 heterocycles. The molecule has 0 spiro atoms. The summed E-state index contributed by atoms with van der Waals surface area (Å²) < 4.78 is 20.2. The molecule has 0 aromatic rings. The number of alkyl halides is 1. The molecule has 0 aliphatic carbocycles. The predicted octanol–water partition coefficient (Wildman–Crippen LogP) is 2.61. The third kappa shape index (κ3) is 3.90. The van der Waals surface area contributed by atoms with Crippen molar-refractivity contribution in [2.75, 3.05) is 57.7 Å². The van der Waals surface area contributed by atoms with Crippen LogP contribution in [0.3, 0.4) is 0 Å². The largest absolute Gasteiger partial charge is 0.341 e. The first-order valence-corrected chi connectivity index (χ1v) is 12.0. The van der Waals surface area contributed by atoms with Crippen molar-refractivity contribution >= 4 is 29.4 Å². The SMILES string of the molecule is O=C(CCCCCBr)N1CCCN2CCN3CCCN(CC1)P23=O. The molecule has 3 aliphatic heterocycles. The van der Waals surface area contributed by atoms with Crippen LogP contribution in [0.25, 0.3) is 0 Å². The maximum Gasteiger partial charge on any atom is 0.287 e. The second kappa shape index (κ2) is 8.63. The zero-order chi connectivity index (χ0) is 17.0. The minimum atomic E-state index is -2.52. The van der Waals surface area contributed by atoms with Crippen LogP contribution in [0.2, 0.25) is 0 Å². The molecule has 0 aromatic heterocycles. The van der Waals surface area contributed by atoms with Gasteiger partial charge >= 0.3 is 0 Å². The second-order valence-electron chi connectivity index (χ2n) is 6.96. The van der Waals surface area contributed by atoms with Crippen molar-refractivity contribution < 1.29 is 9.36 Å². The molecule has 0 bridgehead atoms. The third-order valence-electron chi connectivity index (χ3n) is 5.40. The van der Waals surface area contributed by atoms with E-state index in [4.69, 9.17) is 0 Å². The lowest BCUT2D eigenvalue weighted by Crippen LogP contribution is -2.43. The van der Waals surface area contributed by atoms with Gasteiger partial charge in [-0.2, -0.15) is 0 Å². The maximum absolute atomic E-state index is 13.7. The van der Waals surface area contributed by atoms with E-state index in [9.17, 15) is 9.36 Å². The van der Waals surface area contributed by atoms with Crippen molar-refractivity contribution in [1.29, 1.82) is 0 Å². The first-order chi connectivity index (χ1) is 11.7. The van der Waals surface area contributed by atoms with Crippen LogP contribution in [0.15, 0.2) is 0 Å². The number of hydrogen-bond donors (Lipinski definition) is 0. The molecule has 1 unspecified atom stereocenters. The highest BCUT2D eigenvalue weighted by molar-refractivity contribution is 9.09. The first kappa shape index (κ1) is 18.8. The summed E-state index contributed by atoms with van der Waals surface area (Å²) in [5.41, 5.74) is 0. The molecule has 8 heteroatoms. The molecule has 0 radical (unpaired) electrons. The molecule has 1 atom stereocenters. The fraction of sp³-hybridized carbons (Fsp3) is 0.938. The van der Waals surface area contributed by atoms with Crippen LogP contribution >= 0.6 is 23.5 Å². The van der Waals surface area contributed by atoms with Crippen molar-refractivity contribution in [3.8, 4) is 0 Å². The molecule has 24 heavy (non-hydrogen) atoms. The van der Waals surface area contributed by atoms with E-state index in [2.05, 4.69) is 29.9 Å². The number of halogens is 1. The Kier molecular flexibility index (Phi) is 6.77. The Morgan fingerprint density at radius 3 is 2.00 bits per heavy atom. The summed E-state index contributed by atoms with van der Waals surface area (Å²) >= 11 is 3.44. The Balaban J connectivity index is 1.60. The molecule has 138 valence electrons. The van der Waals surface area contributed by atoms with Crippen LogP contribution in [-0.4, -0.2) is 82.5 Å². The number of unbranched alkanes of at least 4 members (excludes halogenated alkanes) is 2. The lowest BCUT2D eigenvalue weighted by molar-refractivity contribution is -0.131. The van der Waals surface area contributed by atoms with Gasteiger partial charge in [-0.25, -0.2) is 14.0 Å². The van der Waals surface area contributed by atoms with E-state index in [1.807, 2.05) is 4.90 Å². The Morgan fingerprint density at radius 2 is 1.38 bits per heavy atom. The van der Waals surface area contributed by atoms with Gasteiger partial charge in [0.15, 0.2) is 0 Å². The summed E-state index contributed by atoms with van der Waals surface area (Å²) in [5, 5.41) is 1.02. The van der Waals surface area contributed by atoms with E-state index in [1.165, 1.54) is 0 Å². The van der Waals surface area contributed by atoms with Gasteiger partial charge in [-0.1, -0.05) is 22.4 Å². The number of amides is 1. The van der Waals surface area contributed by atoms with Gasteiger partial charge in [0, 0.05) is 64.1 Å². The highest BCUT2D eigenvalue weighted by Gasteiger charge is 2.49. The van der Waals surface area contributed by atoms with Gasteiger partial charge in [0.1, 0.15) is 0 Å².